The molecule has 0 saturated carbocycles. The van der Waals surface area contributed by atoms with Crippen LogP contribution in [0.2, 0.25) is 0 Å². The molecular formula is C12H17NO2. The lowest BCUT2D eigenvalue weighted by Crippen LogP contribution is -2.34. The predicted octanol–water partition coefficient (Wildman–Crippen LogP) is 2.84. The highest BCUT2D eigenvalue weighted by Gasteiger charge is 2.13. The van der Waals surface area contributed by atoms with E-state index in [1.54, 1.807) is 0 Å². The van der Waals surface area contributed by atoms with Crippen molar-refractivity contribution in [2.75, 3.05) is 13.1 Å². The summed E-state index contributed by atoms with van der Waals surface area (Å²) in [5, 5.41) is 8.46. The van der Waals surface area contributed by atoms with Crippen LogP contribution in [0.5, 0.6) is 0 Å². The van der Waals surface area contributed by atoms with Crippen molar-refractivity contribution in [3.05, 3.63) is 36.4 Å². The maximum atomic E-state index is 10.3. The number of hydrogen-bond donors (Lipinski definition) is 1. The fraction of sp³-hybridized carbons (Fsp3) is 0.417. The summed E-state index contributed by atoms with van der Waals surface area (Å²) in [5.41, 5.74) is 0. The fourth-order valence-electron chi connectivity index (χ4n) is 1.47. The average molecular weight is 207 g/mol. The van der Waals surface area contributed by atoms with Gasteiger partial charge in [-0.25, -0.2) is 4.79 Å². The normalized spacial score (nSPS) is 15.1. The molecule has 0 spiro atoms. The molecule has 0 atom stereocenters. The van der Waals surface area contributed by atoms with E-state index < -0.39 is 6.09 Å². The van der Waals surface area contributed by atoms with Gasteiger partial charge >= 0.3 is 6.09 Å². The minimum Gasteiger partial charge on any atom is -0.465 e. The maximum Gasteiger partial charge on any atom is 0.407 e. The molecule has 3 heteroatoms. The second kappa shape index (κ2) is 6.87. The molecule has 1 heterocycles. The second-order valence-corrected chi connectivity index (χ2v) is 3.48. The van der Waals surface area contributed by atoms with Crippen LogP contribution in [-0.4, -0.2) is 29.2 Å². The fourth-order valence-corrected chi connectivity index (χ4v) is 1.47. The predicted molar refractivity (Wildman–Crippen MR) is 59.9 cm³/mol. The van der Waals surface area contributed by atoms with Gasteiger partial charge in [0.1, 0.15) is 0 Å². The molecule has 82 valence electrons. The smallest absolute Gasteiger partial charge is 0.407 e. The zero-order valence-corrected chi connectivity index (χ0v) is 8.80. The van der Waals surface area contributed by atoms with Crippen LogP contribution in [0.4, 0.5) is 4.79 Å². The molecule has 15 heavy (non-hydrogen) atoms. The van der Waals surface area contributed by atoms with Gasteiger partial charge in [0.05, 0.1) is 0 Å². The van der Waals surface area contributed by atoms with Gasteiger partial charge in [0, 0.05) is 13.1 Å². The Balaban J connectivity index is 0.000000162. The van der Waals surface area contributed by atoms with E-state index in [4.69, 9.17) is 5.11 Å². The highest BCUT2D eigenvalue weighted by Crippen LogP contribution is 2.07. The number of nitrogens with zero attached hydrogens (tertiary/aromatic N) is 1. The summed E-state index contributed by atoms with van der Waals surface area (Å²) in [6.45, 7) is 1.46. The number of rotatable bonds is 0. The van der Waals surface area contributed by atoms with Crippen LogP contribution < -0.4 is 0 Å². The van der Waals surface area contributed by atoms with Crippen LogP contribution in [0, 0.1) is 0 Å². The third kappa shape index (κ3) is 5.05. The SMILES string of the molecule is O=C(O)N1CCCCC1.c1ccccc1. The van der Waals surface area contributed by atoms with Crippen LogP contribution in [0.3, 0.4) is 0 Å². The van der Waals surface area contributed by atoms with E-state index in [2.05, 4.69) is 0 Å². The Labute approximate surface area is 90.3 Å². The third-order valence-electron chi connectivity index (χ3n) is 2.29. The van der Waals surface area contributed by atoms with Crippen LogP contribution in [-0.2, 0) is 0 Å². The molecule has 1 aliphatic rings. The monoisotopic (exact) mass is 207 g/mol. The average Bonchev–Trinajstić information content (AvgIpc) is 2.33. The van der Waals surface area contributed by atoms with Crippen molar-refractivity contribution >= 4 is 6.09 Å². The first kappa shape index (κ1) is 11.6. The summed E-state index contributed by atoms with van der Waals surface area (Å²) in [7, 11) is 0. The lowest BCUT2D eigenvalue weighted by Gasteiger charge is -2.22. The van der Waals surface area contributed by atoms with Crippen molar-refractivity contribution in [1.29, 1.82) is 0 Å². The van der Waals surface area contributed by atoms with Gasteiger partial charge in [0.2, 0.25) is 0 Å². The zero-order valence-electron chi connectivity index (χ0n) is 8.80. The summed E-state index contributed by atoms with van der Waals surface area (Å²) in [6.07, 6.45) is 2.48. The maximum absolute atomic E-state index is 10.3. The van der Waals surface area contributed by atoms with Crippen LogP contribution in [0.15, 0.2) is 36.4 Å². The minimum atomic E-state index is -0.769. The summed E-state index contributed by atoms with van der Waals surface area (Å²) < 4.78 is 0. The molecule has 1 saturated heterocycles. The highest BCUT2D eigenvalue weighted by molar-refractivity contribution is 5.64. The molecule has 0 bridgehead atoms. The van der Waals surface area contributed by atoms with E-state index in [1.165, 1.54) is 11.3 Å². The van der Waals surface area contributed by atoms with E-state index >= 15 is 0 Å². The van der Waals surface area contributed by atoms with Crippen molar-refractivity contribution in [3.8, 4) is 0 Å². The summed E-state index contributed by atoms with van der Waals surface area (Å²) in [5.74, 6) is 0. The Morgan fingerprint density at radius 3 is 1.53 bits per heavy atom. The second-order valence-electron chi connectivity index (χ2n) is 3.48. The number of benzene rings is 1. The third-order valence-corrected chi connectivity index (χ3v) is 2.29. The largest absolute Gasteiger partial charge is 0.465 e. The number of carbonyl (C=O) groups is 1. The Morgan fingerprint density at radius 1 is 0.867 bits per heavy atom. The molecule has 1 amide bonds. The quantitative estimate of drug-likeness (QED) is 0.710. The Morgan fingerprint density at radius 2 is 1.27 bits per heavy atom. The van der Waals surface area contributed by atoms with Gasteiger partial charge < -0.3 is 10.0 Å². The molecule has 0 aromatic heterocycles. The molecule has 1 aliphatic heterocycles. The molecular weight excluding hydrogens is 190 g/mol. The van der Waals surface area contributed by atoms with Crippen molar-refractivity contribution in [2.24, 2.45) is 0 Å². The highest BCUT2D eigenvalue weighted by atomic mass is 16.4. The molecule has 0 radical (unpaired) electrons. The summed E-state index contributed by atoms with van der Waals surface area (Å²) in [6, 6.07) is 12.0. The van der Waals surface area contributed by atoms with Gasteiger partial charge in [0.25, 0.3) is 0 Å². The van der Waals surface area contributed by atoms with Crippen LogP contribution in [0.25, 0.3) is 0 Å². The zero-order chi connectivity index (χ0) is 10.9. The molecule has 1 aromatic carbocycles. The number of amides is 1. The van der Waals surface area contributed by atoms with E-state index in [-0.39, 0.29) is 0 Å². The molecule has 1 fully saturated rings. The summed E-state index contributed by atoms with van der Waals surface area (Å²) in [4.78, 5) is 11.8. The lowest BCUT2D eigenvalue weighted by molar-refractivity contribution is 0.136. The van der Waals surface area contributed by atoms with Gasteiger partial charge in [-0.15, -0.1) is 0 Å². The van der Waals surface area contributed by atoms with E-state index in [0.717, 1.165) is 25.9 Å². The van der Waals surface area contributed by atoms with Crippen molar-refractivity contribution in [2.45, 2.75) is 19.3 Å². The van der Waals surface area contributed by atoms with Crippen LogP contribution in [0.1, 0.15) is 19.3 Å². The Hall–Kier alpha value is -1.51. The van der Waals surface area contributed by atoms with Gasteiger partial charge in [0.15, 0.2) is 0 Å². The topological polar surface area (TPSA) is 40.5 Å². The van der Waals surface area contributed by atoms with E-state index in [9.17, 15) is 4.79 Å². The first-order valence-electron chi connectivity index (χ1n) is 5.28. The first-order valence-corrected chi connectivity index (χ1v) is 5.28. The first-order chi connectivity index (χ1) is 7.30. The standard InChI is InChI=1S/C6H11NO2.C6H6/c8-6(9)7-4-2-1-3-5-7;1-2-4-6-5-3-1/h1-5H2,(H,8,9);1-6H. The molecule has 3 nitrogen and oxygen atoms in total. The minimum absolute atomic E-state index is 0.731. The summed E-state index contributed by atoms with van der Waals surface area (Å²) >= 11 is 0. The van der Waals surface area contributed by atoms with E-state index in [0.29, 0.717) is 0 Å². The van der Waals surface area contributed by atoms with Gasteiger partial charge in [-0.1, -0.05) is 36.4 Å². The van der Waals surface area contributed by atoms with Gasteiger partial charge in [-0.05, 0) is 19.3 Å². The van der Waals surface area contributed by atoms with Gasteiger partial charge in [-0.2, -0.15) is 0 Å². The van der Waals surface area contributed by atoms with Crippen molar-refractivity contribution in [3.63, 3.8) is 0 Å². The lowest BCUT2D eigenvalue weighted by atomic mass is 10.1. The van der Waals surface area contributed by atoms with E-state index in [1.807, 2.05) is 36.4 Å². The number of carboxylic acid groups (broad SMARTS) is 1. The molecule has 1 aromatic rings. The molecule has 1 N–H and O–H groups in total. The Kier molecular flexibility index (Phi) is 5.30. The van der Waals surface area contributed by atoms with Crippen LogP contribution >= 0.6 is 0 Å². The number of hydrogen-bond acceptors (Lipinski definition) is 1. The van der Waals surface area contributed by atoms with Crippen molar-refractivity contribution in [1.82, 2.24) is 4.90 Å². The van der Waals surface area contributed by atoms with Crippen molar-refractivity contribution < 1.29 is 9.90 Å². The molecule has 0 aliphatic carbocycles. The molecule has 2 rings (SSSR count). The number of piperidine rings is 1. The number of likely N-dealkylation sites (tertiary alicyclic amines) is 1. The Bertz CT molecular complexity index is 242. The van der Waals surface area contributed by atoms with Gasteiger partial charge in [-0.3, -0.25) is 0 Å². The molecule has 0 unspecified atom stereocenters.